The molecule has 0 spiro atoms. The zero-order valence-corrected chi connectivity index (χ0v) is 36.8. The van der Waals surface area contributed by atoms with Crippen LogP contribution in [0.1, 0.15) is 135 Å². The molecule has 3 aliphatic carbocycles. The highest BCUT2D eigenvalue weighted by molar-refractivity contribution is 9.12. The van der Waals surface area contributed by atoms with E-state index in [-0.39, 0.29) is 10.8 Å². The van der Waals surface area contributed by atoms with Crippen LogP contribution in [-0.4, -0.2) is 23.4 Å². The minimum Gasteiger partial charge on any atom is -0.344 e. The molecule has 4 aromatic rings. The monoisotopic (exact) mass is 819 g/mol. The maximum Gasteiger partial charge on any atom is 0.210 e. The second kappa shape index (κ2) is 16.2. The molecule has 0 saturated heterocycles. The van der Waals surface area contributed by atoms with Crippen LogP contribution >= 0.6 is 15.9 Å². The molecular formula is C54H64BrN2+. The van der Waals surface area contributed by atoms with Crippen molar-refractivity contribution in [1.82, 2.24) is 0 Å². The fraction of sp³-hybridized carbons (Fsp3) is 0.463. The van der Waals surface area contributed by atoms with E-state index in [0.29, 0.717) is 0 Å². The van der Waals surface area contributed by atoms with Gasteiger partial charge >= 0.3 is 0 Å². The molecule has 296 valence electrons. The zero-order valence-electron chi connectivity index (χ0n) is 35.2. The van der Waals surface area contributed by atoms with E-state index in [4.69, 9.17) is 0 Å². The molecule has 0 radical (unpaired) electrons. The van der Waals surface area contributed by atoms with E-state index in [0.717, 1.165) is 37.8 Å². The van der Waals surface area contributed by atoms with Crippen LogP contribution in [0, 0.1) is 11.8 Å². The molecule has 0 atom stereocenters. The van der Waals surface area contributed by atoms with E-state index in [1.165, 1.54) is 155 Å². The van der Waals surface area contributed by atoms with Gasteiger partial charge < -0.3 is 4.90 Å². The Morgan fingerprint density at radius 1 is 0.649 bits per heavy atom. The van der Waals surface area contributed by atoms with Gasteiger partial charge in [0, 0.05) is 52.0 Å². The highest BCUT2D eigenvalue weighted by Gasteiger charge is 2.46. The smallest absolute Gasteiger partial charge is 0.210 e. The molecule has 5 aliphatic rings. The molecule has 0 aromatic heterocycles. The van der Waals surface area contributed by atoms with Crippen molar-refractivity contribution >= 4 is 54.6 Å². The molecule has 57 heavy (non-hydrogen) atoms. The Labute approximate surface area is 351 Å². The lowest BCUT2D eigenvalue weighted by molar-refractivity contribution is -0.439. The highest BCUT2D eigenvalue weighted by atomic mass is 79.9. The van der Waals surface area contributed by atoms with Crippen LogP contribution in [0.3, 0.4) is 0 Å². The second-order valence-corrected chi connectivity index (χ2v) is 19.9. The number of fused-ring (bicyclic) bond motifs is 6. The van der Waals surface area contributed by atoms with E-state index in [9.17, 15) is 0 Å². The number of rotatable bonds is 9. The average molecular weight is 821 g/mol. The van der Waals surface area contributed by atoms with Crippen LogP contribution in [0.4, 0.5) is 11.4 Å². The lowest BCUT2D eigenvalue weighted by atomic mass is 9.78. The molecule has 2 heterocycles. The summed E-state index contributed by atoms with van der Waals surface area (Å²) in [5.41, 5.74) is 11.4. The maximum atomic E-state index is 4.21. The Balaban J connectivity index is 1.06. The molecule has 0 unspecified atom stereocenters. The van der Waals surface area contributed by atoms with Crippen molar-refractivity contribution in [2.75, 3.05) is 18.0 Å². The van der Waals surface area contributed by atoms with Crippen molar-refractivity contribution in [3.63, 3.8) is 0 Å². The van der Waals surface area contributed by atoms with Crippen molar-refractivity contribution in [3.8, 4) is 0 Å². The SMILES string of the molecule is CC1(C)C(/C=C/C2=C(Br)C(=C/C=C3/N(CCC4CCCCC4)c4ccc5ccccc5c4C3(C)C)/CCC2)=[N+](CCC2CCCCC2)c2ccc3ccccc3c21. The Morgan fingerprint density at radius 2 is 1.28 bits per heavy atom. The van der Waals surface area contributed by atoms with Gasteiger partial charge in [-0.3, -0.25) is 0 Å². The van der Waals surface area contributed by atoms with Gasteiger partial charge in [0.15, 0.2) is 5.71 Å². The first-order chi connectivity index (χ1) is 27.7. The van der Waals surface area contributed by atoms with Crippen LogP contribution in [0.15, 0.2) is 118 Å². The summed E-state index contributed by atoms with van der Waals surface area (Å²) in [6.45, 7) is 12.1. The van der Waals surface area contributed by atoms with E-state index in [1.54, 1.807) is 0 Å². The molecule has 9 rings (SSSR count). The van der Waals surface area contributed by atoms with Gasteiger partial charge in [0.25, 0.3) is 0 Å². The lowest BCUT2D eigenvalue weighted by Crippen LogP contribution is -2.28. The summed E-state index contributed by atoms with van der Waals surface area (Å²) in [4.78, 5) is 2.71. The van der Waals surface area contributed by atoms with Gasteiger partial charge in [0.05, 0.1) is 5.41 Å². The van der Waals surface area contributed by atoms with Gasteiger partial charge in [0.1, 0.15) is 6.54 Å². The van der Waals surface area contributed by atoms with Gasteiger partial charge in [-0.05, 0) is 108 Å². The molecule has 0 N–H and O–H groups in total. The number of hydrogen-bond donors (Lipinski definition) is 0. The van der Waals surface area contributed by atoms with Crippen LogP contribution in [0.2, 0.25) is 0 Å². The third-order valence-electron chi connectivity index (χ3n) is 14.8. The first-order valence-electron chi connectivity index (χ1n) is 22.7. The quantitative estimate of drug-likeness (QED) is 0.152. The average Bonchev–Trinajstić information content (AvgIpc) is 3.60. The predicted molar refractivity (Wildman–Crippen MR) is 249 cm³/mol. The number of hydrogen-bond acceptors (Lipinski definition) is 1. The van der Waals surface area contributed by atoms with E-state index < -0.39 is 0 Å². The van der Waals surface area contributed by atoms with Crippen molar-refractivity contribution in [2.24, 2.45) is 11.8 Å². The van der Waals surface area contributed by atoms with Crippen LogP contribution in [-0.2, 0) is 10.8 Å². The predicted octanol–water partition coefficient (Wildman–Crippen LogP) is 15.3. The normalized spacial score (nSPS) is 22.9. The molecule has 0 amide bonds. The number of nitrogens with zero attached hydrogens (tertiary/aromatic N) is 2. The summed E-state index contributed by atoms with van der Waals surface area (Å²) < 4.78 is 4.00. The fourth-order valence-corrected chi connectivity index (χ4v) is 12.4. The topological polar surface area (TPSA) is 6.25 Å². The number of halogens is 1. The van der Waals surface area contributed by atoms with E-state index in [1.807, 2.05) is 0 Å². The van der Waals surface area contributed by atoms with E-state index in [2.05, 4.69) is 150 Å². The summed E-state index contributed by atoms with van der Waals surface area (Å²) in [6.07, 6.45) is 29.9. The lowest BCUT2D eigenvalue weighted by Gasteiger charge is -2.30. The standard InChI is InChI=1S/C54H64BrN2/c1-53(2)48(56(36-34-38-16-7-5-8-17-38)46-30-26-40-20-11-13-24-44(40)50(46)53)32-28-42-22-15-23-43(52(42)55)29-33-49-54(3,4)51-45-25-14-12-21-41(45)27-31-47(51)57(49)37-35-39-18-9-6-10-19-39/h11-14,20-21,24-33,38-39H,5-10,15-19,22-23,34-37H2,1-4H3/q+1. The minimum absolute atomic E-state index is 0.0850. The molecule has 0 bridgehead atoms. The number of anilines is 1. The summed E-state index contributed by atoms with van der Waals surface area (Å²) in [6, 6.07) is 27.6. The highest BCUT2D eigenvalue weighted by Crippen LogP contribution is 2.52. The molecular weight excluding hydrogens is 757 g/mol. The van der Waals surface area contributed by atoms with Crippen molar-refractivity contribution in [1.29, 1.82) is 0 Å². The first kappa shape index (κ1) is 38.8. The largest absolute Gasteiger partial charge is 0.344 e. The summed E-state index contributed by atoms with van der Waals surface area (Å²) in [5.74, 6) is 1.71. The second-order valence-electron chi connectivity index (χ2n) is 19.2. The molecule has 2 saturated carbocycles. The maximum absolute atomic E-state index is 4.21. The third-order valence-corrected chi connectivity index (χ3v) is 15.8. The van der Waals surface area contributed by atoms with Gasteiger partial charge in [0.2, 0.25) is 5.69 Å². The Kier molecular flexibility index (Phi) is 11.0. The van der Waals surface area contributed by atoms with Gasteiger partial charge in [-0.2, -0.15) is 4.58 Å². The van der Waals surface area contributed by atoms with Gasteiger partial charge in [-0.15, -0.1) is 0 Å². The van der Waals surface area contributed by atoms with Crippen LogP contribution in [0.25, 0.3) is 21.5 Å². The Morgan fingerprint density at radius 3 is 1.98 bits per heavy atom. The Hall–Kier alpha value is -3.69. The fourth-order valence-electron chi connectivity index (χ4n) is 11.7. The Bertz CT molecular complexity index is 2320. The zero-order chi connectivity index (χ0) is 39.1. The summed E-state index contributed by atoms with van der Waals surface area (Å²) in [5, 5.41) is 5.50. The summed E-state index contributed by atoms with van der Waals surface area (Å²) >= 11 is 4.21. The molecule has 3 heteroatoms. The van der Waals surface area contributed by atoms with E-state index >= 15 is 0 Å². The van der Waals surface area contributed by atoms with Crippen molar-refractivity contribution in [3.05, 3.63) is 130 Å². The first-order valence-corrected chi connectivity index (χ1v) is 23.5. The van der Waals surface area contributed by atoms with Gasteiger partial charge in [-0.1, -0.05) is 161 Å². The van der Waals surface area contributed by atoms with Crippen molar-refractivity contribution < 1.29 is 4.58 Å². The number of allylic oxidation sites excluding steroid dienone is 8. The minimum atomic E-state index is -0.0850. The molecule has 2 fully saturated rings. The van der Waals surface area contributed by atoms with Crippen LogP contribution in [0.5, 0.6) is 0 Å². The number of benzene rings is 4. The molecule has 2 nitrogen and oxygen atoms in total. The summed E-state index contributed by atoms with van der Waals surface area (Å²) in [7, 11) is 0. The van der Waals surface area contributed by atoms with Crippen molar-refractivity contribution in [2.45, 2.75) is 135 Å². The van der Waals surface area contributed by atoms with Crippen LogP contribution < -0.4 is 4.90 Å². The molecule has 4 aromatic carbocycles. The van der Waals surface area contributed by atoms with Gasteiger partial charge in [-0.25, -0.2) is 0 Å². The third kappa shape index (κ3) is 7.34. The molecule has 2 aliphatic heterocycles.